The van der Waals surface area contributed by atoms with E-state index in [0.29, 0.717) is 5.69 Å². The number of carbonyl (C=O) groups excluding carboxylic acids is 1. The number of aliphatic hydroxyl groups is 1. The molecule has 18 heavy (non-hydrogen) atoms. The fourth-order valence-corrected chi connectivity index (χ4v) is 2.04. The largest absolute Gasteiger partial charge is 0.399 e. The zero-order valence-electron chi connectivity index (χ0n) is 10.9. The molecule has 1 aliphatic rings. The van der Waals surface area contributed by atoms with Crippen molar-refractivity contribution < 1.29 is 9.90 Å². The maximum atomic E-state index is 12.2. The van der Waals surface area contributed by atoms with Gasteiger partial charge < -0.3 is 16.2 Å². The number of rotatable bonds is 4. The van der Waals surface area contributed by atoms with Crippen LogP contribution in [0.1, 0.15) is 32.3 Å². The highest BCUT2D eigenvalue weighted by Gasteiger charge is 2.51. The number of anilines is 1. The third-order valence-corrected chi connectivity index (χ3v) is 3.33. The maximum absolute atomic E-state index is 12.2. The second-order valence-electron chi connectivity index (χ2n) is 5.70. The van der Waals surface area contributed by atoms with Crippen LogP contribution in [-0.2, 0) is 10.2 Å². The van der Waals surface area contributed by atoms with E-state index in [1.54, 1.807) is 13.8 Å². The Balaban J connectivity index is 2.07. The minimum atomic E-state index is -0.882. The van der Waals surface area contributed by atoms with Crippen molar-refractivity contribution in [1.82, 2.24) is 5.32 Å². The summed E-state index contributed by atoms with van der Waals surface area (Å²) in [5, 5.41) is 12.4. The molecule has 0 atom stereocenters. The molecule has 0 radical (unpaired) electrons. The SMILES string of the molecule is CC(C)(O)CNC(=O)C1(c2ccc(N)cc2)CC1. The lowest BCUT2D eigenvalue weighted by Gasteiger charge is -2.21. The number of amides is 1. The average Bonchev–Trinajstić information content (AvgIpc) is 3.07. The first-order valence-electron chi connectivity index (χ1n) is 6.20. The smallest absolute Gasteiger partial charge is 0.230 e. The fourth-order valence-electron chi connectivity index (χ4n) is 2.04. The number of nitrogen functional groups attached to an aromatic ring is 1. The number of nitrogens with one attached hydrogen (secondary N) is 1. The summed E-state index contributed by atoms with van der Waals surface area (Å²) in [5.74, 6) is -0.00519. The van der Waals surface area contributed by atoms with E-state index in [-0.39, 0.29) is 12.5 Å². The summed E-state index contributed by atoms with van der Waals surface area (Å²) < 4.78 is 0. The quantitative estimate of drug-likeness (QED) is 0.701. The normalized spacial score (nSPS) is 17.3. The van der Waals surface area contributed by atoms with Crippen LogP contribution in [0.15, 0.2) is 24.3 Å². The van der Waals surface area contributed by atoms with Crippen LogP contribution in [-0.4, -0.2) is 23.2 Å². The topological polar surface area (TPSA) is 75.3 Å². The summed E-state index contributed by atoms with van der Waals surface area (Å²) in [5.41, 5.74) is 6.07. The summed E-state index contributed by atoms with van der Waals surface area (Å²) in [6.45, 7) is 3.62. The predicted octanol–water partition coefficient (Wildman–Crippen LogP) is 1.19. The van der Waals surface area contributed by atoms with E-state index in [1.807, 2.05) is 24.3 Å². The Morgan fingerprint density at radius 2 is 1.94 bits per heavy atom. The summed E-state index contributed by atoms with van der Waals surface area (Å²) in [6, 6.07) is 7.45. The Kier molecular flexibility index (Phi) is 3.07. The van der Waals surface area contributed by atoms with Crippen LogP contribution < -0.4 is 11.1 Å². The molecule has 1 aromatic rings. The molecule has 2 rings (SSSR count). The summed E-state index contributed by atoms with van der Waals surface area (Å²) >= 11 is 0. The number of nitrogens with two attached hydrogens (primary N) is 1. The molecule has 0 aliphatic heterocycles. The van der Waals surface area contributed by atoms with Gasteiger partial charge in [-0.25, -0.2) is 0 Å². The summed E-state index contributed by atoms with van der Waals surface area (Å²) in [7, 11) is 0. The molecule has 0 heterocycles. The van der Waals surface area contributed by atoms with Gasteiger partial charge in [-0.2, -0.15) is 0 Å². The molecule has 0 unspecified atom stereocenters. The van der Waals surface area contributed by atoms with Crippen molar-refractivity contribution in [3.63, 3.8) is 0 Å². The summed E-state index contributed by atoms with van der Waals surface area (Å²) in [6.07, 6.45) is 1.71. The average molecular weight is 248 g/mol. The first kappa shape index (κ1) is 12.9. The highest BCUT2D eigenvalue weighted by atomic mass is 16.3. The molecule has 0 spiro atoms. The Bertz CT molecular complexity index is 442. The zero-order valence-corrected chi connectivity index (χ0v) is 10.9. The van der Waals surface area contributed by atoms with Crippen molar-refractivity contribution in [3.05, 3.63) is 29.8 Å². The number of hydrogen-bond donors (Lipinski definition) is 3. The van der Waals surface area contributed by atoms with Gasteiger partial charge in [0.25, 0.3) is 0 Å². The minimum Gasteiger partial charge on any atom is -0.399 e. The van der Waals surface area contributed by atoms with Crippen LogP contribution in [0.25, 0.3) is 0 Å². The molecular weight excluding hydrogens is 228 g/mol. The molecular formula is C14H20N2O2. The van der Waals surface area contributed by atoms with Gasteiger partial charge in [0.05, 0.1) is 11.0 Å². The molecule has 1 saturated carbocycles. The van der Waals surface area contributed by atoms with Gasteiger partial charge in [0.15, 0.2) is 0 Å². The molecule has 1 amide bonds. The van der Waals surface area contributed by atoms with Gasteiger partial charge in [-0.15, -0.1) is 0 Å². The molecule has 98 valence electrons. The lowest BCUT2D eigenvalue weighted by molar-refractivity contribution is -0.124. The second-order valence-corrected chi connectivity index (χ2v) is 5.70. The van der Waals surface area contributed by atoms with Crippen LogP contribution in [0.5, 0.6) is 0 Å². The van der Waals surface area contributed by atoms with Gasteiger partial charge in [0, 0.05) is 12.2 Å². The van der Waals surface area contributed by atoms with Crippen molar-refractivity contribution in [2.45, 2.75) is 37.7 Å². The summed E-state index contributed by atoms with van der Waals surface area (Å²) in [4.78, 5) is 12.2. The zero-order chi connectivity index (χ0) is 13.4. The van der Waals surface area contributed by atoms with Crippen molar-refractivity contribution in [3.8, 4) is 0 Å². The van der Waals surface area contributed by atoms with Crippen LogP contribution >= 0.6 is 0 Å². The first-order valence-corrected chi connectivity index (χ1v) is 6.20. The van der Waals surface area contributed by atoms with E-state index in [1.165, 1.54) is 0 Å². The Morgan fingerprint density at radius 3 is 2.39 bits per heavy atom. The van der Waals surface area contributed by atoms with Crippen LogP contribution in [0.2, 0.25) is 0 Å². The molecule has 0 aromatic heterocycles. The van der Waals surface area contributed by atoms with Crippen LogP contribution in [0.4, 0.5) is 5.69 Å². The van der Waals surface area contributed by atoms with Crippen molar-refractivity contribution >= 4 is 11.6 Å². The van der Waals surface area contributed by atoms with E-state index in [9.17, 15) is 9.90 Å². The Morgan fingerprint density at radius 1 is 1.39 bits per heavy atom. The van der Waals surface area contributed by atoms with Crippen molar-refractivity contribution in [2.24, 2.45) is 0 Å². The van der Waals surface area contributed by atoms with E-state index in [0.717, 1.165) is 18.4 Å². The Labute approximate surface area is 107 Å². The lowest BCUT2D eigenvalue weighted by atomic mass is 9.94. The molecule has 0 bridgehead atoms. The highest BCUT2D eigenvalue weighted by molar-refractivity contribution is 5.91. The van der Waals surface area contributed by atoms with Crippen molar-refractivity contribution in [1.29, 1.82) is 0 Å². The van der Waals surface area contributed by atoms with Gasteiger partial charge in [0.2, 0.25) is 5.91 Å². The molecule has 1 fully saturated rings. The van der Waals surface area contributed by atoms with E-state index in [4.69, 9.17) is 5.73 Å². The highest BCUT2D eigenvalue weighted by Crippen LogP contribution is 2.48. The number of carbonyl (C=O) groups is 1. The van der Waals surface area contributed by atoms with Crippen molar-refractivity contribution in [2.75, 3.05) is 12.3 Å². The molecule has 1 aromatic carbocycles. The number of hydrogen-bond acceptors (Lipinski definition) is 3. The molecule has 4 nitrogen and oxygen atoms in total. The molecule has 0 saturated heterocycles. The van der Waals surface area contributed by atoms with Gasteiger partial charge >= 0.3 is 0 Å². The molecule has 1 aliphatic carbocycles. The molecule has 4 heteroatoms. The lowest BCUT2D eigenvalue weighted by Crippen LogP contribution is -2.42. The van der Waals surface area contributed by atoms with E-state index in [2.05, 4.69) is 5.32 Å². The second kappa shape index (κ2) is 4.28. The number of benzene rings is 1. The van der Waals surface area contributed by atoms with Crippen LogP contribution in [0, 0.1) is 0 Å². The van der Waals surface area contributed by atoms with E-state index >= 15 is 0 Å². The van der Waals surface area contributed by atoms with Gasteiger partial charge in [0.1, 0.15) is 0 Å². The van der Waals surface area contributed by atoms with Gasteiger partial charge in [-0.1, -0.05) is 12.1 Å². The standard InChI is InChI=1S/C14H20N2O2/c1-13(2,18)9-16-12(17)14(7-8-14)10-3-5-11(15)6-4-10/h3-6,18H,7-9,15H2,1-2H3,(H,16,17). The first-order chi connectivity index (χ1) is 8.33. The van der Waals surface area contributed by atoms with Crippen LogP contribution in [0.3, 0.4) is 0 Å². The van der Waals surface area contributed by atoms with E-state index < -0.39 is 11.0 Å². The third kappa shape index (κ3) is 2.64. The van der Waals surface area contributed by atoms with Gasteiger partial charge in [-0.3, -0.25) is 4.79 Å². The Hall–Kier alpha value is -1.55. The monoisotopic (exact) mass is 248 g/mol. The maximum Gasteiger partial charge on any atom is 0.230 e. The molecule has 4 N–H and O–H groups in total. The predicted molar refractivity (Wildman–Crippen MR) is 71.1 cm³/mol. The minimum absolute atomic E-state index is 0.00519. The van der Waals surface area contributed by atoms with Gasteiger partial charge in [-0.05, 0) is 44.4 Å². The third-order valence-electron chi connectivity index (χ3n) is 3.33. The fraction of sp³-hybridized carbons (Fsp3) is 0.500.